The van der Waals surface area contributed by atoms with Gasteiger partial charge in [-0.05, 0) is 51.7 Å². The van der Waals surface area contributed by atoms with Gasteiger partial charge in [-0.15, -0.1) is 0 Å². The summed E-state index contributed by atoms with van der Waals surface area (Å²) < 4.78 is 47.2. The Bertz CT molecular complexity index is 854. The number of piperidine rings is 1. The molecule has 0 aromatic carbocycles. The van der Waals surface area contributed by atoms with Crippen LogP contribution in [0.2, 0.25) is 0 Å². The topological polar surface area (TPSA) is 93.4 Å². The normalized spacial score (nSPS) is 15.9. The molecule has 1 N–H and O–H groups in total. The molecule has 0 spiro atoms. The van der Waals surface area contributed by atoms with Crippen molar-refractivity contribution < 1.29 is 27.2 Å². The summed E-state index contributed by atoms with van der Waals surface area (Å²) in [6.45, 7) is 7.52. The number of halogens is 3. The highest BCUT2D eigenvalue weighted by Crippen LogP contribution is 2.29. The molecule has 0 unspecified atom stereocenters. The van der Waals surface area contributed by atoms with Crippen molar-refractivity contribution in [2.75, 3.05) is 24.5 Å². The van der Waals surface area contributed by atoms with Gasteiger partial charge >= 0.3 is 18.2 Å². The van der Waals surface area contributed by atoms with E-state index in [1.54, 1.807) is 12.1 Å². The van der Waals surface area contributed by atoms with Gasteiger partial charge in [0, 0.05) is 31.4 Å². The quantitative estimate of drug-likeness (QED) is 0.791. The number of carbonyl (C=O) groups is 1. The first-order valence-corrected chi connectivity index (χ1v) is 9.60. The van der Waals surface area contributed by atoms with Crippen molar-refractivity contribution in [3.63, 3.8) is 0 Å². The summed E-state index contributed by atoms with van der Waals surface area (Å²) in [5, 5.41) is 6.16. The molecule has 1 fully saturated rings. The number of alkyl halides is 3. The van der Waals surface area contributed by atoms with Crippen molar-refractivity contribution >= 4 is 11.9 Å². The predicted molar refractivity (Wildman–Crippen MR) is 102 cm³/mol. The van der Waals surface area contributed by atoms with Crippen molar-refractivity contribution in [1.29, 1.82) is 0 Å². The number of hydrogen-bond donors (Lipinski definition) is 1. The van der Waals surface area contributed by atoms with Crippen LogP contribution in [0, 0.1) is 5.92 Å². The van der Waals surface area contributed by atoms with E-state index in [0.29, 0.717) is 18.0 Å². The van der Waals surface area contributed by atoms with Crippen LogP contribution in [0.4, 0.5) is 23.8 Å². The molecule has 1 amide bonds. The smallest absolute Gasteiger partial charge is 0.444 e. The molecule has 3 heterocycles. The molecule has 3 rings (SSSR count). The first-order valence-electron chi connectivity index (χ1n) is 9.60. The van der Waals surface area contributed by atoms with Gasteiger partial charge in [-0.2, -0.15) is 18.2 Å². The fraction of sp³-hybridized carbons (Fsp3) is 0.579. The maximum atomic E-state index is 12.6. The number of aromatic nitrogens is 3. The van der Waals surface area contributed by atoms with E-state index in [0.717, 1.165) is 31.7 Å². The van der Waals surface area contributed by atoms with Crippen molar-refractivity contribution in [2.45, 2.75) is 45.4 Å². The van der Waals surface area contributed by atoms with Crippen LogP contribution in [-0.2, 0) is 10.9 Å². The Hall–Kier alpha value is -2.85. The molecule has 0 aliphatic carbocycles. The standard InChI is InChI=1S/C19H24F3N5O3/c1-18(2,3)29-17(28)24-10-12-6-8-27(9-7-12)14-5-4-13(11-23-14)15-25-16(30-26-15)19(20,21)22/h4-5,11-12H,6-10H2,1-3H3,(H,24,28). The van der Waals surface area contributed by atoms with Crippen LogP contribution in [0.3, 0.4) is 0 Å². The first kappa shape index (κ1) is 21.8. The van der Waals surface area contributed by atoms with Crippen LogP contribution in [0.5, 0.6) is 0 Å². The second kappa shape index (κ2) is 8.49. The summed E-state index contributed by atoms with van der Waals surface area (Å²) in [5.41, 5.74) is -0.185. The minimum atomic E-state index is -4.68. The monoisotopic (exact) mass is 427 g/mol. The van der Waals surface area contributed by atoms with E-state index in [1.807, 2.05) is 20.8 Å². The number of nitrogens with one attached hydrogen (secondary N) is 1. The predicted octanol–water partition coefficient (Wildman–Crippen LogP) is 3.89. The zero-order valence-electron chi connectivity index (χ0n) is 17.0. The Morgan fingerprint density at radius 3 is 2.50 bits per heavy atom. The van der Waals surface area contributed by atoms with E-state index < -0.39 is 23.8 Å². The number of hydrogen-bond acceptors (Lipinski definition) is 7. The maximum Gasteiger partial charge on any atom is 0.471 e. The van der Waals surface area contributed by atoms with E-state index in [9.17, 15) is 18.0 Å². The van der Waals surface area contributed by atoms with Crippen molar-refractivity contribution in [3.8, 4) is 11.4 Å². The van der Waals surface area contributed by atoms with Gasteiger partial charge < -0.3 is 19.5 Å². The summed E-state index contributed by atoms with van der Waals surface area (Å²) >= 11 is 0. The first-order chi connectivity index (χ1) is 14.0. The molecule has 1 aliphatic rings. The van der Waals surface area contributed by atoms with Gasteiger partial charge in [-0.25, -0.2) is 9.78 Å². The van der Waals surface area contributed by atoms with Crippen LogP contribution in [0.25, 0.3) is 11.4 Å². The van der Waals surface area contributed by atoms with Gasteiger partial charge in [0.15, 0.2) is 0 Å². The molecular formula is C19H24F3N5O3. The minimum absolute atomic E-state index is 0.159. The van der Waals surface area contributed by atoms with Crippen LogP contribution < -0.4 is 10.2 Å². The van der Waals surface area contributed by atoms with Crippen molar-refractivity contribution in [1.82, 2.24) is 20.4 Å². The third kappa shape index (κ3) is 5.83. The maximum absolute atomic E-state index is 12.6. The number of amides is 1. The lowest BCUT2D eigenvalue weighted by Gasteiger charge is -2.33. The van der Waals surface area contributed by atoms with Gasteiger partial charge in [0.1, 0.15) is 11.4 Å². The summed E-state index contributed by atoms with van der Waals surface area (Å²) in [7, 11) is 0. The Morgan fingerprint density at radius 2 is 1.97 bits per heavy atom. The van der Waals surface area contributed by atoms with Crippen LogP contribution >= 0.6 is 0 Å². The van der Waals surface area contributed by atoms with E-state index in [1.165, 1.54) is 6.20 Å². The molecule has 0 atom stereocenters. The van der Waals surface area contributed by atoms with Crippen LogP contribution in [0.15, 0.2) is 22.9 Å². The third-order valence-corrected chi connectivity index (χ3v) is 4.55. The van der Waals surface area contributed by atoms with Gasteiger partial charge in [-0.1, -0.05) is 5.16 Å². The molecule has 2 aromatic rings. The molecule has 30 heavy (non-hydrogen) atoms. The SMILES string of the molecule is CC(C)(C)OC(=O)NCC1CCN(c2ccc(-c3noc(C(F)(F)F)n3)cn2)CC1. The molecule has 11 heteroatoms. The average Bonchev–Trinajstić information content (AvgIpc) is 3.16. The molecular weight excluding hydrogens is 403 g/mol. The summed E-state index contributed by atoms with van der Waals surface area (Å²) in [5.74, 6) is -0.484. The molecule has 2 aromatic heterocycles. The zero-order valence-corrected chi connectivity index (χ0v) is 17.0. The Kier molecular flexibility index (Phi) is 6.18. The number of anilines is 1. The molecule has 0 radical (unpaired) electrons. The largest absolute Gasteiger partial charge is 0.471 e. The van der Waals surface area contributed by atoms with E-state index >= 15 is 0 Å². The highest BCUT2D eigenvalue weighted by atomic mass is 19.4. The summed E-state index contributed by atoms with van der Waals surface area (Å²) in [4.78, 5) is 21.5. The second-order valence-electron chi connectivity index (χ2n) is 8.14. The minimum Gasteiger partial charge on any atom is -0.444 e. The lowest BCUT2D eigenvalue weighted by atomic mass is 9.97. The fourth-order valence-electron chi connectivity index (χ4n) is 3.07. The average molecular weight is 427 g/mol. The van der Waals surface area contributed by atoms with Crippen LogP contribution in [0.1, 0.15) is 39.5 Å². The highest BCUT2D eigenvalue weighted by Gasteiger charge is 2.38. The fourth-order valence-corrected chi connectivity index (χ4v) is 3.07. The summed E-state index contributed by atoms with van der Waals surface area (Å²) in [6.07, 6.45) is -1.92. The molecule has 1 aliphatic heterocycles. The van der Waals surface area contributed by atoms with E-state index in [2.05, 4.69) is 29.9 Å². The second-order valence-corrected chi connectivity index (χ2v) is 8.14. The van der Waals surface area contributed by atoms with Gasteiger partial charge in [0.25, 0.3) is 0 Å². The number of carbonyl (C=O) groups excluding carboxylic acids is 1. The van der Waals surface area contributed by atoms with Gasteiger partial charge in [-0.3, -0.25) is 0 Å². The van der Waals surface area contributed by atoms with Crippen molar-refractivity contribution in [3.05, 3.63) is 24.2 Å². The van der Waals surface area contributed by atoms with Crippen LogP contribution in [-0.4, -0.2) is 46.5 Å². The lowest BCUT2D eigenvalue weighted by molar-refractivity contribution is -0.159. The van der Waals surface area contributed by atoms with E-state index in [4.69, 9.17) is 4.74 Å². The molecule has 8 nitrogen and oxygen atoms in total. The van der Waals surface area contributed by atoms with Crippen molar-refractivity contribution in [2.24, 2.45) is 5.92 Å². The summed E-state index contributed by atoms with van der Waals surface area (Å²) in [6, 6.07) is 3.34. The Morgan fingerprint density at radius 1 is 1.27 bits per heavy atom. The molecule has 1 saturated heterocycles. The number of alkyl carbamates (subject to hydrolysis) is 1. The molecule has 0 bridgehead atoms. The number of nitrogens with zero attached hydrogens (tertiary/aromatic N) is 4. The molecule has 0 saturated carbocycles. The molecule has 164 valence electrons. The lowest BCUT2D eigenvalue weighted by Crippen LogP contribution is -2.40. The number of pyridine rings is 1. The highest BCUT2D eigenvalue weighted by molar-refractivity contribution is 5.67. The Labute approximate surface area is 171 Å². The number of rotatable bonds is 4. The Balaban J connectivity index is 1.50. The van der Waals surface area contributed by atoms with E-state index in [-0.39, 0.29) is 5.82 Å². The third-order valence-electron chi connectivity index (χ3n) is 4.55. The zero-order chi connectivity index (χ0) is 21.9. The number of ether oxygens (including phenoxy) is 1. The van der Waals surface area contributed by atoms with Gasteiger partial charge in [0.2, 0.25) is 5.82 Å². The van der Waals surface area contributed by atoms with Gasteiger partial charge in [0.05, 0.1) is 0 Å².